The highest BCUT2D eigenvalue weighted by molar-refractivity contribution is 5.37. The Hall–Kier alpha value is -1.81. The lowest BCUT2D eigenvalue weighted by molar-refractivity contribution is 0.163. The van der Waals surface area contributed by atoms with Gasteiger partial charge >= 0.3 is 0 Å². The Kier molecular flexibility index (Phi) is 3.25. The molecule has 1 aliphatic heterocycles. The predicted octanol–water partition coefficient (Wildman–Crippen LogP) is 1.86. The van der Waals surface area contributed by atoms with Crippen molar-refractivity contribution in [1.29, 1.82) is 0 Å². The van der Waals surface area contributed by atoms with Gasteiger partial charge in [0, 0.05) is 32.8 Å². The van der Waals surface area contributed by atoms with Crippen LogP contribution in [-0.2, 0) is 20.0 Å². The lowest BCUT2D eigenvalue weighted by atomic mass is 10.1. The summed E-state index contributed by atoms with van der Waals surface area (Å²) in [6, 6.07) is 8.30. The fraction of sp³-hybridized carbons (Fsp3) is 0.400. The number of imidazole rings is 1. The molecule has 0 saturated heterocycles. The van der Waals surface area contributed by atoms with Gasteiger partial charge in [-0.05, 0) is 18.7 Å². The summed E-state index contributed by atoms with van der Waals surface area (Å²) in [7, 11) is 4.15. The summed E-state index contributed by atoms with van der Waals surface area (Å²) in [5, 5.41) is 0. The maximum atomic E-state index is 5.96. The molecular weight excluding hydrogens is 238 g/mol. The van der Waals surface area contributed by atoms with E-state index in [4.69, 9.17) is 4.74 Å². The molecule has 0 radical (unpaired) electrons. The first kappa shape index (κ1) is 12.2. The molecule has 1 unspecified atom stereocenters. The zero-order valence-electron chi connectivity index (χ0n) is 11.4. The van der Waals surface area contributed by atoms with Gasteiger partial charge in [-0.2, -0.15) is 0 Å². The van der Waals surface area contributed by atoms with Crippen LogP contribution in [0.15, 0.2) is 36.8 Å². The van der Waals surface area contributed by atoms with E-state index in [0.717, 1.165) is 25.3 Å². The van der Waals surface area contributed by atoms with Crippen LogP contribution in [0.5, 0.6) is 5.75 Å². The SMILES string of the molecule is CN(Cc1cncn1C)CC1Cc2ccccc2O1. The molecule has 4 heteroatoms. The first-order valence-corrected chi connectivity index (χ1v) is 6.60. The molecule has 4 nitrogen and oxygen atoms in total. The van der Waals surface area contributed by atoms with Gasteiger partial charge in [0.2, 0.25) is 0 Å². The Morgan fingerprint density at radius 3 is 3.00 bits per heavy atom. The van der Waals surface area contributed by atoms with Crippen molar-refractivity contribution in [3.63, 3.8) is 0 Å². The number of para-hydroxylation sites is 1. The Balaban J connectivity index is 1.57. The number of nitrogens with zero attached hydrogens (tertiary/aromatic N) is 3. The Bertz CT molecular complexity index is 539. The second-order valence-corrected chi connectivity index (χ2v) is 5.24. The number of aromatic nitrogens is 2. The van der Waals surface area contributed by atoms with E-state index in [9.17, 15) is 0 Å². The molecule has 1 aromatic carbocycles. The third kappa shape index (κ3) is 2.63. The molecular formula is C15H19N3O. The van der Waals surface area contributed by atoms with Crippen molar-refractivity contribution < 1.29 is 4.74 Å². The molecule has 100 valence electrons. The number of rotatable bonds is 4. The number of aryl methyl sites for hydroxylation is 1. The van der Waals surface area contributed by atoms with Crippen LogP contribution in [0.25, 0.3) is 0 Å². The van der Waals surface area contributed by atoms with Gasteiger partial charge in [-0.3, -0.25) is 4.90 Å². The average molecular weight is 257 g/mol. The summed E-state index contributed by atoms with van der Waals surface area (Å²) in [6.07, 6.45) is 5.02. The third-order valence-corrected chi connectivity index (χ3v) is 3.58. The van der Waals surface area contributed by atoms with E-state index in [2.05, 4.69) is 39.7 Å². The maximum absolute atomic E-state index is 5.96. The van der Waals surface area contributed by atoms with E-state index in [1.807, 2.05) is 25.6 Å². The van der Waals surface area contributed by atoms with Crippen molar-refractivity contribution in [2.24, 2.45) is 7.05 Å². The summed E-state index contributed by atoms with van der Waals surface area (Å²) in [4.78, 5) is 6.43. The highest BCUT2D eigenvalue weighted by atomic mass is 16.5. The minimum absolute atomic E-state index is 0.260. The minimum atomic E-state index is 0.260. The van der Waals surface area contributed by atoms with Gasteiger partial charge in [-0.25, -0.2) is 4.98 Å². The van der Waals surface area contributed by atoms with Crippen molar-refractivity contribution in [2.75, 3.05) is 13.6 Å². The molecule has 19 heavy (non-hydrogen) atoms. The van der Waals surface area contributed by atoms with Gasteiger partial charge in [0.1, 0.15) is 11.9 Å². The van der Waals surface area contributed by atoms with Crippen LogP contribution < -0.4 is 4.74 Å². The number of benzene rings is 1. The van der Waals surface area contributed by atoms with E-state index >= 15 is 0 Å². The lowest BCUT2D eigenvalue weighted by Crippen LogP contribution is -2.32. The maximum Gasteiger partial charge on any atom is 0.123 e. The highest BCUT2D eigenvalue weighted by Gasteiger charge is 2.23. The number of ether oxygens (including phenoxy) is 1. The van der Waals surface area contributed by atoms with E-state index < -0.39 is 0 Å². The van der Waals surface area contributed by atoms with E-state index in [0.29, 0.717) is 0 Å². The number of hydrogen-bond donors (Lipinski definition) is 0. The Morgan fingerprint density at radius 2 is 2.26 bits per heavy atom. The molecule has 0 spiro atoms. The highest BCUT2D eigenvalue weighted by Crippen LogP contribution is 2.28. The first-order chi connectivity index (χ1) is 9.22. The van der Waals surface area contributed by atoms with Crippen LogP contribution >= 0.6 is 0 Å². The molecule has 0 saturated carbocycles. The summed E-state index contributed by atoms with van der Waals surface area (Å²) in [5.41, 5.74) is 2.54. The second-order valence-electron chi connectivity index (χ2n) is 5.24. The van der Waals surface area contributed by atoms with Crippen molar-refractivity contribution in [3.8, 4) is 5.75 Å². The van der Waals surface area contributed by atoms with Crippen LogP contribution in [-0.4, -0.2) is 34.1 Å². The van der Waals surface area contributed by atoms with E-state index in [1.165, 1.54) is 11.3 Å². The molecule has 1 atom stereocenters. The van der Waals surface area contributed by atoms with Crippen LogP contribution in [0.2, 0.25) is 0 Å². The van der Waals surface area contributed by atoms with Gasteiger partial charge in [0.15, 0.2) is 0 Å². The lowest BCUT2D eigenvalue weighted by Gasteiger charge is -2.20. The molecule has 0 fully saturated rings. The monoisotopic (exact) mass is 257 g/mol. The van der Waals surface area contributed by atoms with E-state index in [1.54, 1.807) is 0 Å². The van der Waals surface area contributed by atoms with Gasteiger partial charge in [0.05, 0.1) is 12.0 Å². The summed E-state index contributed by atoms with van der Waals surface area (Å²) < 4.78 is 8.02. The summed E-state index contributed by atoms with van der Waals surface area (Å²) >= 11 is 0. The molecule has 0 aliphatic carbocycles. The molecule has 2 aromatic rings. The van der Waals surface area contributed by atoms with Crippen molar-refractivity contribution in [3.05, 3.63) is 48.0 Å². The zero-order valence-corrected chi connectivity index (χ0v) is 11.4. The van der Waals surface area contributed by atoms with Gasteiger partial charge < -0.3 is 9.30 Å². The van der Waals surface area contributed by atoms with Crippen LogP contribution in [0.3, 0.4) is 0 Å². The second kappa shape index (κ2) is 5.05. The molecule has 0 bridgehead atoms. The molecule has 1 aromatic heterocycles. The van der Waals surface area contributed by atoms with E-state index in [-0.39, 0.29) is 6.10 Å². The summed E-state index contributed by atoms with van der Waals surface area (Å²) in [5.74, 6) is 1.04. The van der Waals surface area contributed by atoms with Crippen LogP contribution in [0, 0.1) is 0 Å². The summed E-state index contributed by atoms with van der Waals surface area (Å²) in [6.45, 7) is 1.83. The van der Waals surface area contributed by atoms with Gasteiger partial charge in [0.25, 0.3) is 0 Å². The number of hydrogen-bond acceptors (Lipinski definition) is 3. The Labute approximate surface area is 113 Å². The normalized spacial score (nSPS) is 17.5. The number of likely N-dealkylation sites (N-methyl/N-ethyl adjacent to an activating group) is 1. The van der Waals surface area contributed by atoms with Gasteiger partial charge in [-0.15, -0.1) is 0 Å². The smallest absolute Gasteiger partial charge is 0.123 e. The standard InChI is InChI=1S/C15H19N3O/c1-17(9-13-8-16-11-18(13)2)10-14-7-12-5-3-4-6-15(12)19-14/h3-6,8,11,14H,7,9-10H2,1-2H3. The average Bonchev–Trinajstić information content (AvgIpc) is 2.95. The molecule has 2 heterocycles. The molecule has 0 amide bonds. The van der Waals surface area contributed by atoms with Crippen molar-refractivity contribution >= 4 is 0 Å². The number of fused-ring (bicyclic) bond motifs is 1. The Morgan fingerprint density at radius 1 is 1.42 bits per heavy atom. The molecule has 3 rings (SSSR count). The van der Waals surface area contributed by atoms with Gasteiger partial charge in [-0.1, -0.05) is 18.2 Å². The van der Waals surface area contributed by atoms with Crippen molar-refractivity contribution in [1.82, 2.24) is 14.5 Å². The zero-order chi connectivity index (χ0) is 13.2. The third-order valence-electron chi connectivity index (χ3n) is 3.58. The van der Waals surface area contributed by atoms with Crippen LogP contribution in [0.1, 0.15) is 11.3 Å². The first-order valence-electron chi connectivity index (χ1n) is 6.60. The topological polar surface area (TPSA) is 30.3 Å². The minimum Gasteiger partial charge on any atom is -0.488 e. The quantitative estimate of drug-likeness (QED) is 0.837. The van der Waals surface area contributed by atoms with Crippen molar-refractivity contribution in [2.45, 2.75) is 19.1 Å². The fourth-order valence-corrected chi connectivity index (χ4v) is 2.58. The fourth-order valence-electron chi connectivity index (χ4n) is 2.58. The largest absolute Gasteiger partial charge is 0.488 e. The molecule has 1 aliphatic rings. The molecule has 0 N–H and O–H groups in total. The van der Waals surface area contributed by atoms with Crippen LogP contribution in [0.4, 0.5) is 0 Å². The predicted molar refractivity (Wildman–Crippen MR) is 74.1 cm³/mol.